The normalized spacial score (nSPS) is 12.0. The summed E-state index contributed by atoms with van der Waals surface area (Å²) in [5.41, 5.74) is 1.22. The first-order valence-corrected chi connectivity index (χ1v) is 7.61. The maximum Gasteiger partial charge on any atom is 0.339 e. The summed E-state index contributed by atoms with van der Waals surface area (Å²) in [5.74, 6) is 0.398. The van der Waals surface area contributed by atoms with Crippen molar-refractivity contribution >= 4 is 21.9 Å². The third-order valence-corrected chi connectivity index (χ3v) is 3.95. The fourth-order valence-electron chi connectivity index (χ4n) is 2.08. The van der Waals surface area contributed by atoms with Gasteiger partial charge in [-0.25, -0.2) is 4.79 Å². The third-order valence-electron chi connectivity index (χ3n) is 3.45. The molecule has 21 heavy (non-hydrogen) atoms. The fourth-order valence-corrected chi connectivity index (χ4v) is 2.44. The molecule has 1 atom stereocenters. The number of hydrogen-bond donors (Lipinski definition) is 1. The summed E-state index contributed by atoms with van der Waals surface area (Å²) in [6.45, 7) is 4.24. The van der Waals surface area contributed by atoms with E-state index in [-0.39, 0.29) is 5.56 Å². The van der Waals surface area contributed by atoms with Gasteiger partial charge < -0.3 is 9.84 Å². The van der Waals surface area contributed by atoms with Crippen LogP contribution < -0.4 is 4.74 Å². The van der Waals surface area contributed by atoms with Crippen molar-refractivity contribution in [1.29, 1.82) is 0 Å². The first kappa shape index (κ1) is 15.6. The van der Waals surface area contributed by atoms with E-state index in [1.807, 2.05) is 24.3 Å². The van der Waals surface area contributed by atoms with Crippen LogP contribution in [0.25, 0.3) is 0 Å². The van der Waals surface area contributed by atoms with Crippen molar-refractivity contribution in [2.45, 2.75) is 26.2 Å². The van der Waals surface area contributed by atoms with E-state index in [0.29, 0.717) is 21.9 Å². The number of para-hydroxylation sites is 1. The van der Waals surface area contributed by atoms with Crippen LogP contribution in [-0.4, -0.2) is 11.1 Å². The maximum absolute atomic E-state index is 11.3. The van der Waals surface area contributed by atoms with E-state index in [0.717, 1.165) is 12.0 Å². The molecule has 0 saturated heterocycles. The van der Waals surface area contributed by atoms with E-state index >= 15 is 0 Å². The standard InChI is InChI=1S/C17H17BrO3/c1-3-11(2)13-6-4-5-7-15(13)21-16-9-8-12(18)10-14(16)17(19)20/h4-11H,3H2,1-2H3,(H,19,20). The molecule has 0 bridgehead atoms. The molecular weight excluding hydrogens is 332 g/mol. The molecule has 2 aromatic rings. The SMILES string of the molecule is CCC(C)c1ccccc1Oc1ccc(Br)cc1C(=O)O. The molecule has 0 saturated carbocycles. The molecule has 110 valence electrons. The first-order valence-electron chi connectivity index (χ1n) is 6.82. The Balaban J connectivity index is 2.41. The van der Waals surface area contributed by atoms with Crippen LogP contribution in [0.15, 0.2) is 46.9 Å². The van der Waals surface area contributed by atoms with Crippen molar-refractivity contribution in [3.63, 3.8) is 0 Å². The summed E-state index contributed by atoms with van der Waals surface area (Å²) >= 11 is 3.28. The van der Waals surface area contributed by atoms with Gasteiger partial charge in [0, 0.05) is 4.47 Å². The Morgan fingerprint density at radius 1 is 1.24 bits per heavy atom. The lowest BCUT2D eigenvalue weighted by Crippen LogP contribution is -2.02. The van der Waals surface area contributed by atoms with Crippen molar-refractivity contribution < 1.29 is 14.6 Å². The zero-order valence-corrected chi connectivity index (χ0v) is 13.6. The van der Waals surface area contributed by atoms with Crippen LogP contribution in [0.5, 0.6) is 11.5 Å². The molecule has 0 aromatic heterocycles. The lowest BCUT2D eigenvalue weighted by Gasteiger charge is -2.16. The molecule has 3 nitrogen and oxygen atoms in total. The van der Waals surface area contributed by atoms with Gasteiger partial charge in [0.2, 0.25) is 0 Å². The second-order valence-electron chi connectivity index (χ2n) is 4.89. The number of carbonyl (C=O) groups is 1. The van der Waals surface area contributed by atoms with Crippen LogP contribution in [0.2, 0.25) is 0 Å². The molecule has 2 rings (SSSR count). The number of aromatic carboxylic acids is 1. The highest BCUT2D eigenvalue weighted by molar-refractivity contribution is 9.10. The number of halogens is 1. The Hall–Kier alpha value is -1.81. The highest BCUT2D eigenvalue weighted by atomic mass is 79.9. The summed E-state index contributed by atoms with van der Waals surface area (Å²) in [6.07, 6.45) is 0.993. The Kier molecular flexibility index (Phi) is 5.02. The molecule has 4 heteroatoms. The fraction of sp³-hybridized carbons (Fsp3) is 0.235. The Bertz CT molecular complexity index is 652. The lowest BCUT2D eigenvalue weighted by molar-refractivity contribution is 0.0694. The summed E-state index contributed by atoms with van der Waals surface area (Å²) in [5, 5.41) is 9.29. The average Bonchev–Trinajstić information content (AvgIpc) is 2.48. The van der Waals surface area contributed by atoms with Crippen molar-refractivity contribution in [1.82, 2.24) is 0 Å². The van der Waals surface area contributed by atoms with Gasteiger partial charge in [-0.1, -0.05) is 48.0 Å². The zero-order valence-electron chi connectivity index (χ0n) is 12.0. The van der Waals surface area contributed by atoms with Crippen LogP contribution in [0.1, 0.15) is 42.1 Å². The Morgan fingerprint density at radius 2 is 1.95 bits per heavy atom. The lowest BCUT2D eigenvalue weighted by atomic mass is 9.98. The van der Waals surface area contributed by atoms with Gasteiger partial charge in [-0.2, -0.15) is 0 Å². The van der Waals surface area contributed by atoms with Gasteiger partial charge in [-0.15, -0.1) is 0 Å². The summed E-state index contributed by atoms with van der Waals surface area (Å²) in [6, 6.07) is 12.7. The number of carboxylic acid groups (broad SMARTS) is 1. The smallest absolute Gasteiger partial charge is 0.339 e. The molecule has 0 aliphatic rings. The van der Waals surface area contributed by atoms with Crippen molar-refractivity contribution in [3.05, 3.63) is 58.1 Å². The second kappa shape index (κ2) is 6.76. The Morgan fingerprint density at radius 3 is 2.62 bits per heavy atom. The number of rotatable bonds is 5. The molecule has 0 heterocycles. The van der Waals surface area contributed by atoms with Crippen molar-refractivity contribution in [2.75, 3.05) is 0 Å². The predicted molar refractivity (Wildman–Crippen MR) is 86.3 cm³/mol. The zero-order chi connectivity index (χ0) is 15.4. The van der Waals surface area contributed by atoms with Crippen molar-refractivity contribution in [3.8, 4) is 11.5 Å². The molecule has 1 unspecified atom stereocenters. The van der Waals surface area contributed by atoms with Gasteiger partial charge in [0.05, 0.1) is 0 Å². The number of benzene rings is 2. The number of carboxylic acids is 1. The molecule has 1 N–H and O–H groups in total. The van der Waals surface area contributed by atoms with Crippen LogP contribution in [-0.2, 0) is 0 Å². The monoisotopic (exact) mass is 348 g/mol. The van der Waals surface area contributed by atoms with E-state index in [2.05, 4.69) is 29.8 Å². The van der Waals surface area contributed by atoms with Gasteiger partial charge in [0.25, 0.3) is 0 Å². The molecule has 0 amide bonds. The van der Waals surface area contributed by atoms with Crippen LogP contribution >= 0.6 is 15.9 Å². The molecule has 2 aromatic carbocycles. The van der Waals surface area contributed by atoms with Gasteiger partial charge in [-0.3, -0.25) is 0 Å². The van der Waals surface area contributed by atoms with Crippen LogP contribution in [0.4, 0.5) is 0 Å². The molecule has 0 spiro atoms. The quantitative estimate of drug-likeness (QED) is 0.780. The highest BCUT2D eigenvalue weighted by Gasteiger charge is 2.15. The van der Waals surface area contributed by atoms with E-state index in [9.17, 15) is 9.90 Å². The van der Waals surface area contributed by atoms with Crippen molar-refractivity contribution in [2.24, 2.45) is 0 Å². The molecular formula is C17H17BrO3. The molecule has 0 aliphatic heterocycles. The number of ether oxygens (including phenoxy) is 1. The van der Waals surface area contributed by atoms with E-state index < -0.39 is 5.97 Å². The minimum absolute atomic E-state index is 0.142. The van der Waals surface area contributed by atoms with Gasteiger partial charge in [-0.05, 0) is 42.2 Å². The first-order chi connectivity index (χ1) is 10.0. The molecule has 0 radical (unpaired) electrons. The van der Waals surface area contributed by atoms with Gasteiger partial charge >= 0.3 is 5.97 Å². The molecule has 0 fully saturated rings. The summed E-state index contributed by atoms with van der Waals surface area (Å²) in [4.78, 5) is 11.3. The predicted octanol–water partition coefficient (Wildman–Crippen LogP) is 5.45. The largest absolute Gasteiger partial charge is 0.478 e. The summed E-state index contributed by atoms with van der Waals surface area (Å²) < 4.78 is 6.59. The minimum Gasteiger partial charge on any atom is -0.478 e. The van der Waals surface area contributed by atoms with E-state index in [4.69, 9.17) is 4.74 Å². The number of hydrogen-bond acceptors (Lipinski definition) is 2. The van der Waals surface area contributed by atoms with Crippen LogP contribution in [0.3, 0.4) is 0 Å². The highest BCUT2D eigenvalue weighted by Crippen LogP contribution is 2.34. The van der Waals surface area contributed by atoms with Gasteiger partial charge in [0.15, 0.2) is 0 Å². The van der Waals surface area contributed by atoms with E-state index in [1.54, 1.807) is 18.2 Å². The van der Waals surface area contributed by atoms with Gasteiger partial charge in [0.1, 0.15) is 17.1 Å². The minimum atomic E-state index is -1.01. The molecule has 0 aliphatic carbocycles. The van der Waals surface area contributed by atoms with E-state index in [1.165, 1.54) is 0 Å². The second-order valence-corrected chi connectivity index (χ2v) is 5.81. The maximum atomic E-state index is 11.3. The summed E-state index contributed by atoms with van der Waals surface area (Å²) in [7, 11) is 0. The average molecular weight is 349 g/mol. The van der Waals surface area contributed by atoms with Crippen LogP contribution in [0, 0.1) is 0 Å². The third kappa shape index (κ3) is 3.64. The Labute approximate surface area is 132 Å². The topological polar surface area (TPSA) is 46.5 Å².